The van der Waals surface area contributed by atoms with Gasteiger partial charge in [0.1, 0.15) is 6.34 Å². The molecular formula is C7H8N2O4. The maximum Gasteiger partial charge on any atom is 0.374 e. The fourth-order valence-corrected chi connectivity index (χ4v) is 0.700. The number of nitrogens with one attached hydrogen (secondary N) is 1. The van der Waals surface area contributed by atoms with E-state index in [1.807, 2.05) is 0 Å². The predicted molar refractivity (Wildman–Crippen MR) is 43.1 cm³/mol. The first-order valence-electron chi connectivity index (χ1n) is 3.38. The third-order valence-electron chi connectivity index (χ3n) is 1.23. The van der Waals surface area contributed by atoms with E-state index >= 15 is 0 Å². The van der Waals surface area contributed by atoms with E-state index < -0.39 is 5.97 Å². The molecule has 0 fully saturated rings. The minimum absolute atomic E-state index is 0.0626. The molecule has 0 atom stereocenters. The number of hydrogen-bond donors (Lipinski definition) is 2. The zero-order valence-corrected chi connectivity index (χ0v) is 6.85. The van der Waals surface area contributed by atoms with Crippen molar-refractivity contribution in [3.8, 4) is 0 Å². The third-order valence-corrected chi connectivity index (χ3v) is 1.23. The average Bonchev–Trinajstić information content (AvgIpc) is 2.62. The van der Waals surface area contributed by atoms with Gasteiger partial charge in [-0.25, -0.2) is 9.79 Å². The number of aliphatic imine (C=N–C) groups is 1. The maximum absolute atomic E-state index is 10.9. The largest absolute Gasteiger partial charge is 0.463 e. The molecule has 2 N–H and O–H groups in total. The zero-order valence-electron chi connectivity index (χ0n) is 6.85. The van der Waals surface area contributed by atoms with E-state index in [0.717, 1.165) is 6.34 Å². The summed E-state index contributed by atoms with van der Waals surface area (Å²) < 4.78 is 9.32. The molecule has 0 aliphatic heterocycles. The van der Waals surface area contributed by atoms with Crippen LogP contribution in [0.25, 0.3) is 0 Å². The Kier molecular flexibility index (Phi) is 3.04. The molecule has 0 aliphatic rings. The molecule has 0 spiro atoms. The quantitative estimate of drug-likeness (QED) is 0.312. The molecule has 0 radical (unpaired) electrons. The van der Waals surface area contributed by atoms with Gasteiger partial charge in [0.2, 0.25) is 11.6 Å². The Labute approximate surface area is 73.8 Å². The van der Waals surface area contributed by atoms with E-state index in [1.54, 1.807) is 5.48 Å². The van der Waals surface area contributed by atoms with Gasteiger partial charge in [-0.3, -0.25) is 10.7 Å². The molecule has 1 rings (SSSR count). The molecule has 13 heavy (non-hydrogen) atoms. The lowest BCUT2D eigenvalue weighted by molar-refractivity contribution is 0.0566. The molecular weight excluding hydrogens is 176 g/mol. The molecule has 0 aliphatic carbocycles. The first-order chi connectivity index (χ1) is 6.27. The summed E-state index contributed by atoms with van der Waals surface area (Å²) in [6.45, 7) is 0. The van der Waals surface area contributed by atoms with Gasteiger partial charge in [-0.1, -0.05) is 0 Å². The van der Waals surface area contributed by atoms with Crippen molar-refractivity contribution in [3.63, 3.8) is 0 Å². The zero-order chi connectivity index (χ0) is 9.68. The lowest BCUT2D eigenvalue weighted by Gasteiger charge is -1.91. The van der Waals surface area contributed by atoms with Gasteiger partial charge in [-0.15, -0.1) is 0 Å². The van der Waals surface area contributed by atoms with Gasteiger partial charge >= 0.3 is 5.97 Å². The Balaban J connectivity index is 2.74. The Bertz CT molecular complexity index is 318. The highest BCUT2D eigenvalue weighted by molar-refractivity contribution is 5.86. The van der Waals surface area contributed by atoms with Gasteiger partial charge < -0.3 is 9.15 Å². The van der Waals surface area contributed by atoms with Crippen molar-refractivity contribution < 1.29 is 19.2 Å². The number of hydrogen-bond acceptors (Lipinski definition) is 5. The van der Waals surface area contributed by atoms with Crippen molar-refractivity contribution in [2.24, 2.45) is 4.99 Å². The van der Waals surface area contributed by atoms with Gasteiger partial charge in [0.15, 0.2) is 0 Å². The molecule has 0 amide bonds. The average molecular weight is 184 g/mol. The van der Waals surface area contributed by atoms with E-state index in [9.17, 15) is 4.79 Å². The second-order valence-corrected chi connectivity index (χ2v) is 2.02. The second kappa shape index (κ2) is 4.27. The van der Waals surface area contributed by atoms with Crippen LogP contribution in [0.15, 0.2) is 21.5 Å². The summed E-state index contributed by atoms with van der Waals surface area (Å²) in [5.41, 5.74) is 1.70. The van der Waals surface area contributed by atoms with Gasteiger partial charge in [-0.05, 0) is 6.07 Å². The molecule has 6 heteroatoms. The molecule has 6 nitrogen and oxygen atoms in total. The lowest BCUT2D eigenvalue weighted by Crippen LogP contribution is -2.00. The van der Waals surface area contributed by atoms with Gasteiger partial charge in [0.25, 0.3) is 0 Å². The Hall–Kier alpha value is -1.82. The van der Waals surface area contributed by atoms with Crippen LogP contribution in [0.5, 0.6) is 0 Å². The second-order valence-electron chi connectivity index (χ2n) is 2.02. The highest BCUT2D eigenvalue weighted by Crippen LogP contribution is 2.16. The van der Waals surface area contributed by atoms with Crippen LogP contribution in [0.4, 0.5) is 5.88 Å². The molecule has 0 aromatic carbocycles. The first-order valence-corrected chi connectivity index (χ1v) is 3.38. The minimum atomic E-state index is -0.571. The number of hydroxylamine groups is 1. The normalized spacial score (nSPS) is 10.3. The van der Waals surface area contributed by atoms with E-state index in [0.29, 0.717) is 0 Å². The summed E-state index contributed by atoms with van der Waals surface area (Å²) in [4.78, 5) is 14.5. The van der Waals surface area contributed by atoms with Crippen molar-refractivity contribution >= 4 is 18.2 Å². The first kappa shape index (κ1) is 9.27. The van der Waals surface area contributed by atoms with Gasteiger partial charge in [0.05, 0.1) is 7.11 Å². The number of esters is 1. The summed E-state index contributed by atoms with van der Waals surface area (Å²) in [5.74, 6) is -0.312. The SMILES string of the molecule is COC(=O)c1ccc(/N=C/NO)o1. The smallest absolute Gasteiger partial charge is 0.374 e. The van der Waals surface area contributed by atoms with E-state index in [-0.39, 0.29) is 11.6 Å². The van der Waals surface area contributed by atoms with Crippen LogP contribution in [0, 0.1) is 0 Å². The Morgan fingerprint density at radius 1 is 1.77 bits per heavy atom. The molecule has 0 saturated heterocycles. The number of furan rings is 1. The van der Waals surface area contributed by atoms with Crippen molar-refractivity contribution in [1.82, 2.24) is 5.48 Å². The van der Waals surface area contributed by atoms with Crippen LogP contribution >= 0.6 is 0 Å². The highest BCUT2D eigenvalue weighted by atomic mass is 16.5. The molecule has 70 valence electrons. The molecule has 0 saturated carbocycles. The highest BCUT2D eigenvalue weighted by Gasteiger charge is 2.09. The number of rotatable bonds is 3. The summed E-state index contributed by atoms with van der Waals surface area (Å²) in [5, 5.41) is 8.16. The predicted octanol–water partition coefficient (Wildman–Crippen LogP) is 0.705. The molecule has 1 heterocycles. The summed E-state index contributed by atoms with van der Waals surface area (Å²) in [7, 11) is 1.25. The minimum Gasteiger partial charge on any atom is -0.463 e. The maximum atomic E-state index is 10.9. The molecule has 1 aromatic rings. The fourth-order valence-electron chi connectivity index (χ4n) is 0.700. The fraction of sp³-hybridized carbons (Fsp3) is 0.143. The lowest BCUT2D eigenvalue weighted by atomic mass is 10.5. The van der Waals surface area contributed by atoms with Gasteiger partial charge in [-0.2, -0.15) is 0 Å². The summed E-state index contributed by atoms with van der Waals surface area (Å²) in [6.07, 6.45) is 1.01. The van der Waals surface area contributed by atoms with Crippen molar-refractivity contribution in [1.29, 1.82) is 0 Å². The Morgan fingerprint density at radius 2 is 2.54 bits per heavy atom. The van der Waals surface area contributed by atoms with Crippen LogP contribution in [-0.2, 0) is 4.74 Å². The molecule has 1 aromatic heterocycles. The Morgan fingerprint density at radius 3 is 3.15 bits per heavy atom. The number of methoxy groups -OCH3 is 1. The van der Waals surface area contributed by atoms with Crippen LogP contribution in [0.3, 0.4) is 0 Å². The summed E-state index contributed by atoms with van der Waals surface area (Å²) >= 11 is 0. The van der Waals surface area contributed by atoms with Crippen molar-refractivity contribution in [2.75, 3.05) is 7.11 Å². The van der Waals surface area contributed by atoms with Crippen LogP contribution in [0.2, 0.25) is 0 Å². The monoisotopic (exact) mass is 184 g/mol. The number of carbonyl (C=O) groups is 1. The van der Waals surface area contributed by atoms with E-state index in [1.165, 1.54) is 19.2 Å². The van der Waals surface area contributed by atoms with Crippen LogP contribution in [-0.4, -0.2) is 24.6 Å². The van der Waals surface area contributed by atoms with Crippen molar-refractivity contribution in [3.05, 3.63) is 17.9 Å². The van der Waals surface area contributed by atoms with Crippen molar-refractivity contribution in [2.45, 2.75) is 0 Å². The standard InChI is InChI=1S/C7H8N2O4/c1-12-7(10)5-2-3-6(13-5)8-4-9-11/h2-4,11H,1H3,(H,8,9). The van der Waals surface area contributed by atoms with Gasteiger partial charge in [0, 0.05) is 6.07 Å². The van der Waals surface area contributed by atoms with Crippen LogP contribution < -0.4 is 5.48 Å². The number of ether oxygens (including phenoxy) is 1. The van der Waals surface area contributed by atoms with E-state index in [2.05, 4.69) is 9.73 Å². The summed E-state index contributed by atoms with van der Waals surface area (Å²) in [6, 6.07) is 2.90. The van der Waals surface area contributed by atoms with E-state index in [4.69, 9.17) is 9.62 Å². The molecule has 0 unspecified atom stereocenters. The topological polar surface area (TPSA) is 84.1 Å². The third kappa shape index (κ3) is 2.31. The molecule has 0 bridgehead atoms. The number of carbonyl (C=O) groups excluding carboxylic acids is 1. The number of nitrogens with zero attached hydrogens (tertiary/aromatic N) is 1. The van der Waals surface area contributed by atoms with Crippen LogP contribution in [0.1, 0.15) is 10.6 Å².